The van der Waals surface area contributed by atoms with Gasteiger partial charge in [0.2, 0.25) is 0 Å². The van der Waals surface area contributed by atoms with Crippen molar-refractivity contribution in [2.75, 3.05) is 6.54 Å². The Hall–Kier alpha value is -0.840. The van der Waals surface area contributed by atoms with E-state index in [1.807, 2.05) is 23.0 Å². The van der Waals surface area contributed by atoms with Crippen LogP contribution in [0.5, 0.6) is 0 Å². The average molecular weight is 371 g/mol. The Bertz CT molecular complexity index is 610. The van der Waals surface area contributed by atoms with Gasteiger partial charge in [-0.3, -0.25) is 4.68 Å². The molecule has 1 N–H and O–H groups in total. The minimum atomic E-state index is 0.0838. The topological polar surface area (TPSA) is 29.9 Å². The highest BCUT2D eigenvalue weighted by atomic mass is 79.9. The van der Waals surface area contributed by atoms with Gasteiger partial charge in [0.1, 0.15) is 0 Å². The highest BCUT2D eigenvalue weighted by Crippen LogP contribution is 2.32. The first kappa shape index (κ1) is 16.5. The molecule has 1 aromatic carbocycles. The summed E-state index contributed by atoms with van der Waals surface area (Å²) >= 11 is 9.94. The van der Waals surface area contributed by atoms with Crippen molar-refractivity contribution in [2.24, 2.45) is 0 Å². The fraction of sp³-hybridized carbons (Fsp3) is 0.438. The molecule has 0 aliphatic heterocycles. The molecule has 114 valence electrons. The molecule has 1 unspecified atom stereocenters. The fourth-order valence-corrected chi connectivity index (χ4v) is 3.20. The predicted molar refractivity (Wildman–Crippen MR) is 91.9 cm³/mol. The molecular formula is C16H21BrClN3. The van der Waals surface area contributed by atoms with Gasteiger partial charge in [0.05, 0.1) is 22.4 Å². The van der Waals surface area contributed by atoms with Gasteiger partial charge in [-0.15, -0.1) is 0 Å². The molecule has 0 amide bonds. The molecule has 1 heterocycles. The van der Waals surface area contributed by atoms with Crippen LogP contribution < -0.4 is 5.32 Å². The summed E-state index contributed by atoms with van der Waals surface area (Å²) in [5, 5.41) is 8.86. The maximum absolute atomic E-state index is 6.30. The van der Waals surface area contributed by atoms with E-state index in [1.165, 1.54) is 5.56 Å². The van der Waals surface area contributed by atoms with Gasteiger partial charge < -0.3 is 5.32 Å². The Kier molecular flexibility index (Phi) is 5.85. The molecule has 0 spiro atoms. The second-order valence-corrected chi connectivity index (χ2v) is 6.30. The normalized spacial score (nSPS) is 12.6. The van der Waals surface area contributed by atoms with Crippen molar-refractivity contribution in [2.45, 2.75) is 39.8 Å². The van der Waals surface area contributed by atoms with Gasteiger partial charge in [-0.25, -0.2) is 0 Å². The minimum Gasteiger partial charge on any atom is -0.305 e. The molecule has 1 aromatic heterocycles. The van der Waals surface area contributed by atoms with Crippen molar-refractivity contribution in [3.05, 3.63) is 50.7 Å². The van der Waals surface area contributed by atoms with Crippen LogP contribution in [0, 0.1) is 6.92 Å². The van der Waals surface area contributed by atoms with Crippen molar-refractivity contribution in [3.8, 4) is 0 Å². The van der Waals surface area contributed by atoms with Crippen molar-refractivity contribution < 1.29 is 0 Å². The maximum atomic E-state index is 6.30. The molecule has 5 heteroatoms. The third-order valence-corrected chi connectivity index (χ3v) is 4.65. The van der Waals surface area contributed by atoms with E-state index in [2.05, 4.69) is 53.2 Å². The monoisotopic (exact) mass is 369 g/mol. The van der Waals surface area contributed by atoms with Gasteiger partial charge in [-0.1, -0.05) is 30.7 Å². The summed E-state index contributed by atoms with van der Waals surface area (Å²) < 4.78 is 3.05. The third-order valence-electron chi connectivity index (χ3n) is 3.63. The largest absolute Gasteiger partial charge is 0.305 e. The second kappa shape index (κ2) is 7.43. The van der Waals surface area contributed by atoms with Crippen LogP contribution in [-0.4, -0.2) is 16.3 Å². The molecule has 2 rings (SSSR count). The molecule has 2 aromatic rings. The fourth-order valence-electron chi connectivity index (χ4n) is 2.49. The van der Waals surface area contributed by atoms with E-state index in [1.54, 1.807) is 0 Å². The van der Waals surface area contributed by atoms with Gasteiger partial charge in [0.25, 0.3) is 0 Å². The number of hydrogen-bond acceptors (Lipinski definition) is 2. The van der Waals surface area contributed by atoms with Crippen LogP contribution in [0.2, 0.25) is 5.02 Å². The van der Waals surface area contributed by atoms with Crippen LogP contribution in [0.25, 0.3) is 0 Å². The molecule has 0 radical (unpaired) electrons. The lowest BCUT2D eigenvalue weighted by Crippen LogP contribution is -2.26. The molecule has 0 saturated heterocycles. The van der Waals surface area contributed by atoms with Crippen LogP contribution in [0.15, 0.2) is 28.9 Å². The van der Waals surface area contributed by atoms with Crippen LogP contribution in [0.1, 0.15) is 43.1 Å². The van der Waals surface area contributed by atoms with Crippen molar-refractivity contribution in [1.82, 2.24) is 15.1 Å². The molecule has 21 heavy (non-hydrogen) atoms. The first-order chi connectivity index (χ1) is 10.1. The quantitative estimate of drug-likeness (QED) is 0.797. The van der Waals surface area contributed by atoms with Gasteiger partial charge in [-0.05, 0) is 59.9 Å². The number of hydrogen-bond donors (Lipinski definition) is 1. The Morgan fingerprint density at radius 3 is 2.81 bits per heavy atom. The third kappa shape index (κ3) is 3.50. The van der Waals surface area contributed by atoms with Gasteiger partial charge in [0, 0.05) is 11.6 Å². The summed E-state index contributed by atoms with van der Waals surface area (Å²) in [5.74, 6) is 0. The summed E-state index contributed by atoms with van der Waals surface area (Å²) in [5.41, 5.74) is 3.46. The number of aryl methyl sites for hydroxylation is 1. The van der Waals surface area contributed by atoms with Crippen molar-refractivity contribution >= 4 is 27.5 Å². The van der Waals surface area contributed by atoms with Crippen LogP contribution >= 0.6 is 27.5 Å². The molecule has 0 aliphatic rings. The molecule has 0 aliphatic carbocycles. The number of benzene rings is 1. The minimum absolute atomic E-state index is 0.0838. The second-order valence-electron chi connectivity index (χ2n) is 5.03. The highest BCUT2D eigenvalue weighted by molar-refractivity contribution is 9.10. The Labute approximate surface area is 139 Å². The van der Waals surface area contributed by atoms with E-state index >= 15 is 0 Å². The van der Waals surface area contributed by atoms with Crippen LogP contribution in [0.4, 0.5) is 0 Å². The molecular weight excluding hydrogens is 350 g/mol. The van der Waals surface area contributed by atoms with E-state index in [0.29, 0.717) is 0 Å². The predicted octanol–water partition coefficient (Wildman–Crippen LogP) is 4.72. The molecule has 0 bridgehead atoms. The Morgan fingerprint density at radius 1 is 1.38 bits per heavy atom. The average Bonchev–Trinajstić information content (AvgIpc) is 2.85. The van der Waals surface area contributed by atoms with Crippen LogP contribution in [0.3, 0.4) is 0 Å². The standard InChI is InChI=1S/C16H21BrClN3/c1-4-9-19-15(12-7-6-8-14(18)11(12)3)16-13(17)10-20-21(16)5-2/h6-8,10,15,19H,4-5,9H2,1-3H3. The summed E-state index contributed by atoms with van der Waals surface area (Å²) in [4.78, 5) is 0. The zero-order chi connectivity index (χ0) is 15.4. The van der Waals surface area contributed by atoms with Gasteiger partial charge >= 0.3 is 0 Å². The van der Waals surface area contributed by atoms with E-state index in [0.717, 1.165) is 40.3 Å². The smallest absolute Gasteiger partial charge is 0.0762 e. The number of aromatic nitrogens is 2. The van der Waals surface area contributed by atoms with E-state index in [4.69, 9.17) is 11.6 Å². The summed E-state index contributed by atoms with van der Waals surface area (Å²) in [6, 6.07) is 6.16. The van der Waals surface area contributed by atoms with Gasteiger partial charge in [0.15, 0.2) is 0 Å². The van der Waals surface area contributed by atoms with Crippen LogP contribution in [-0.2, 0) is 6.54 Å². The van der Waals surface area contributed by atoms with E-state index < -0.39 is 0 Å². The van der Waals surface area contributed by atoms with E-state index in [-0.39, 0.29) is 6.04 Å². The van der Waals surface area contributed by atoms with Crippen molar-refractivity contribution in [3.63, 3.8) is 0 Å². The summed E-state index contributed by atoms with van der Waals surface area (Å²) in [7, 11) is 0. The first-order valence-electron chi connectivity index (χ1n) is 7.29. The first-order valence-corrected chi connectivity index (χ1v) is 8.46. The Balaban J connectivity index is 2.52. The molecule has 0 saturated carbocycles. The zero-order valence-corrected chi connectivity index (χ0v) is 15.0. The van der Waals surface area contributed by atoms with Crippen molar-refractivity contribution in [1.29, 1.82) is 0 Å². The summed E-state index contributed by atoms with van der Waals surface area (Å²) in [6.45, 7) is 8.12. The number of nitrogens with zero attached hydrogens (tertiary/aromatic N) is 2. The number of nitrogens with one attached hydrogen (secondary N) is 1. The van der Waals surface area contributed by atoms with E-state index in [9.17, 15) is 0 Å². The zero-order valence-electron chi connectivity index (χ0n) is 12.7. The SMILES string of the molecule is CCCNC(c1cccc(Cl)c1C)c1c(Br)cnn1CC. The number of halogens is 2. The summed E-state index contributed by atoms with van der Waals surface area (Å²) in [6.07, 6.45) is 2.94. The molecule has 1 atom stereocenters. The lowest BCUT2D eigenvalue weighted by Gasteiger charge is -2.23. The lowest BCUT2D eigenvalue weighted by molar-refractivity contribution is 0.527. The number of rotatable bonds is 6. The maximum Gasteiger partial charge on any atom is 0.0762 e. The van der Waals surface area contributed by atoms with Gasteiger partial charge in [-0.2, -0.15) is 5.10 Å². The molecule has 3 nitrogen and oxygen atoms in total. The lowest BCUT2D eigenvalue weighted by atomic mass is 9.98. The Morgan fingerprint density at radius 2 is 2.14 bits per heavy atom. The molecule has 0 fully saturated rings. The highest BCUT2D eigenvalue weighted by Gasteiger charge is 2.23.